The number of carbonyl (C=O) groups is 3. The lowest BCUT2D eigenvalue weighted by molar-refractivity contribution is -0.124. The quantitative estimate of drug-likeness (QED) is 0.668. The highest BCUT2D eigenvalue weighted by molar-refractivity contribution is 5.97. The minimum absolute atomic E-state index is 0.0351. The maximum atomic E-state index is 12.6. The maximum absolute atomic E-state index is 12.6. The first-order valence-corrected chi connectivity index (χ1v) is 8.88. The molecule has 2 unspecified atom stereocenters. The van der Waals surface area contributed by atoms with Crippen molar-refractivity contribution in [3.8, 4) is 0 Å². The lowest BCUT2D eigenvalue weighted by Crippen LogP contribution is -2.50. The molecule has 0 saturated carbocycles. The molecule has 0 spiro atoms. The number of amides is 2. The molecule has 0 bridgehead atoms. The lowest BCUT2D eigenvalue weighted by Gasteiger charge is -2.23. The van der Waals surface area contributed by atoms with Crippen molar-refractivity contribution in [3.05, 3.63) is 71.3 Å². The molecule has 6 heteroatoms. The molecule has 2 aromatic rings. The first-order valence-electron chi connectivity index (χ1n) is 8.88. The fourth-order valence-electron chi connectivity index (χ4n) is 2.58. The molecule has 0 aliphatic carbocycles. The van der Waals surface area contributed by atoms with Gasteiger partial charge in [-0.2, -0.15) is 0 Å². The summed E-state index contributed by atoms with van der Waals surface area (Å²) < 4.78 is 0. The number of hydrogen-bond donors (Lipinski definition) is 3. The van der Waals surface area contributed by atoms with Crippen molar-refractivity contribution in [2.24, 2.45) is 5.92 Å². The summed E-state index contributed by atoms with van der Waals surface area (Å²) in [5.74, 6) is -1.59. The van der Waals surface area contributed by atoms with E-state index in [0.29, 0.717) is 5.56 Å². The lowest BCUT2D eigenvalue weighted by atomic mass is 9.97. The SMILES string of the molecule is CCC(C)C(NC(=O)c1ccccc1)C(=O)NCc1ccc(C(=O)O)cc1. The Morgan fingerprint density at radius 1 is 0.963 bits per heavy atom. The van der Waals surface area contributed by atoms with E-state index in [1.165, 1.54) is 12.1 Å². The summed E-state index contributed by atoms with van der Waals surface area (Å²) in [6.07, 6.45) is 0.737. The van der Waals surface area contributed by atoms with Crippen molar-refractivity contribution in [3.63, 3.8) is 0 Å². The molecule has 3 N–H and O–H groups in total. The van der Waals surface area contributed by atoms with E-state index in [-0.39, 0.29) is 29.8 Å². The minimum atomic E-state index is -0.994. The molecule has 2 aromatic carbocycles. The third kappa shape index (κ3) is 5.67. The summed E-state index contributed by atoms with van der Waals surface area (Å²) in [7, 11) is 0. The molecule has 0 radical (unpaired) electrons. The predicted molar refractivity (Wildman–Crippen MR) is 102 cm³/mol. The molecule has 0 heterocycles. The number of benzene rings is 2. The molecule has 27 heavy (non-hydrogen) atoms. The van der Waals surface area contributed by atoms with E-state index < -0.39 is 12.0 Å². The topological polar surface area (TPSA) is 95.5 Å². The van der Waals surface area contributed by atoms with Crippen molar-refractivity contribution in [2.45, 2.75) is 32.9 Å². The monoisotopic (exact) mass is 368 g/mol. The summed E-state index contributed by atoms with van der Waals surface area (Å²) in [6, 6.07) is 14.4. The van der Waals surface area contributed by atoms with E-state index >= 15 is 0 Å². The van der Waals surface area contributed by atoms with Gasteiger partial charge in [0.2, 0.25) is 5.91 Å². The number of rotatable bonds is 8. The minimum Gasteiger partial charge on any atom is -0.478 e. The highest BCUT2D eigenvalue weighted by Crippen LogP contribution is 2.11. The van der Waals surface area contributed by atoms with Gasteiger partial charge in [-0.15, -0.1) is 0 Å². The van der Waals surface area contributed by atoms with E-state index in [4.69, 9.17) is 5.11 Å². The number of hydrogen-bond acceptors (Lipinski definition) is 3. The van der Waals surface area contributed by atoms with Gasteiger partial charge in [-0.05, 0) is 35.7 Å². The van der Waals surface area contributed by atoms with Crippen LogP contribution in [0.3, 0.4) is 0 Å². The van der Waals surface area contributed by atoms with Gasteiger partial charge in [0.25, 0.3) is 5.91 Å². The molecular formula is C21H24N2O4. The summed E-state index contributed by atoms with van der Waals surface area (Å²) in [6.45, 7) is 4.13. The van der Waals surface area contributed by atoms with Gasteiger partial charge in [0, 0.05) is 12.1 Å². The van der Waals surface area contributed by atoms with Gasteiger partial charge < -0.3 is 15.7 Å². The first-order chi connectivity index (χ1) is 12.9. The van der Waals surface area contributed by atoms with Crippen LogP contribution in [0.4, 0.5) is 0 Å². The fourth-order valence-corrected chi connectivity index (χ4v) is 2.58. The average molecular weight is 368 g/mol. The number of carboxylic acids is 1. The normalized spacial score (nSPS) is 12.7. The van der Waals surface area contributed by atoms with E-state index in [9.17, 15) is 14.4 Å². The van der Waals surface area contributed by atoms with Crippen molar-refractivity contribution in [2.75, 3.05) is 0 Å². The van der Waals surface area contributed by atoms with Crippen LogP contribution in [0.2, 0.25) is 0 Å². The Balaban J connectivity index is 2.01. The van der Waals surface area contributed by atoms with Crippen molar-refractivity contribution >= 4 is 17.8 Å². The van der Waals surface area contributed by atoms with Gasteiger partial charge >= 0.3 is 5.97 Å². The zero-order valence-corrected chi connectivity index (χ0v) is 15.4. The third-order valence-corrected chi connectivity index (χ3v) is 4.49. The van der Waals surface area contributed by atoms with Gasteiger partial charge in [0.05, 0.1) is 5.56 Å². The van der Waals surface area contributed by atoms with Crippen LogP contribution in [-0.4, -0.2) is 28.9 Å². The Labute approximate surface area is 158 Å². The van der Waals surface area contributed by atoms with Crippen molar-refractivity contribution < 1.29 is 19.5 Å². The van der Waals surface area contributed by atoms with Crippen LogP contribution in [0.25, 0.3) is 0 Å². The zero-order valence-electron chi connectivity index (χ0n) is 15.4. The average Bonchev–Trinajstić information content (AvgIpc) is 2.70. The molecular weight excluding hydrogens is 344 g/mol. The zero-order chi connectivity index (χ0) is 19.8. The van der Waals surface area contributed by atoms with E-state index in [2.05, 4.69) is 10.6 Å². The Bertz CT molecular complexity index is 788. The molecule has 2 atom stereocenters. The Morgan fingerprint density at radius 3 is 2.15 bits per heavy atom. The molecule has 0 aromatic heterocycles. The molecule has 6 nitrogen and oxygen atoms in total. The maximum Gasteiger partial charge on any atom is 0.335 e. The van der Waals surface area contributed by atoms with Crippen LogP contribution in [0.5, 0.6) is 0 Å². The van der Waals surface area contributed by atoms with E-state index in [1.807, 2.05) is 19.9 Å². The largest absolute Gasteiger partial charge is 0.478 e. The second-order valence-electron chi connectivity index (χ2n) is 6.42. The van der Waals surface area contributed by atoms with Gasteiger partial charge in [0.15, 0.2) is 0 Å². The van der Waals surface area contributed by atoms with Crippen molar-refractivity contribution in [1.29, 1.82) is 0 Å². The molecule has 0 fully saturated rings. The summed E-state index contributed by atoms with van der Waals surface area (Å²) >= 11 is 0. The highest BCUT2D eigenvalue weighted by atomic mass is 16.4. The van der Waals surface area contributed by atoms with Crippen LogP contribution < -0.4 is 10.6 Å². The Morgan fingerprint density at radius 2 is 1.59 bits per heavy atom. The Kier molecular flexibility index (Phi) is 7.11. The summed E-state index contributed by atoms with van der Waals surface area (Å²) in [5, 5.41) is 14.6. The van der Waals surface area contributed by atoms with Gasteiger partial charge in [-0.25, -0.2) is 4.79 Å². The van der Waals surface area contributed by atoms with Gasteiger partial charge in [-0.1, -0.05) is 50.6 Å². The fraction of sp³-hybridized carbons (Fsp3) is 0.286. The smallest absolute Gasteiger partial charge is 0.335 e. The van der Waals surface area contributed by atoms with Crippen LogP contribution in [0.1, 0.15) is 46.5 Å². The van der Waals surface area contributed by atoms with Crippen LogP contribution in [0.15, 0.2) is 54.6 Å². The Hall–Kier alpha value is -3.15. The summed E-state index contributed by atoms with van der Waals surface area (Å²) in [5.41, 5.74) is 1.48. The standard InChI is InChI=1S/C21H24N2O4/c1-3-14(2)18(23-19(24)16-7-5-4-6-8-16)20(25)22-13-15-9-11-17(12-10-15)21(26)27/h4-12,14,18H,3,13H2,1-2H3,(H,22,25)(H,23,24)(H,26,27). The predicted octanol–water partition coefficient (Wildman–Crippen LogP) is 2.85. The third-order valence-electron chi connectivity index (χ3n) is 4.49. The molecule has 2 amide bonds. The highest BCUT2D eigenvalue weighted by Gasteiger charge is 2.26. The van der Waals surface area contributed by atoms with Crippen LogP contribution in [-0.2, 0) is 11.3 Å². The van der Waals surface area contributed by atoms with Crippen molar-refractivity contribution in [1.82, 2.24) is 10.6 Å². The molecule has 0 saturated heterocycles. The molecule has 142 valence electrons. The first kappa shape index (κ1) is 20.2. The number of nitrogens with one attached hydrogen (secondary N) is 2. The number of aromatic carboxylic acids is 1. The molecule has 0 aliphatic rings. The summed E-state index contributed by atoms with van der Waals surface area (Å²) in [4.78, 5) is 35.9. The van der Waals surface area contributed by atoms with Gasteiger partial charge in [-0.3, -0.25) is 9.59 Å². The van der Waals surface area contributed by atoms with E-state index in [0.717, 1.165) is 12.0 Å². The number of carboxylic acid groups (broad SMARTS) is 1. The second kappa shape index (κ2) is 9.52. The number of carbonyl (C=O) groups excluding carboxylic acids is 2. The second-order valence-corrected chi connectivity index (χ2v) is 6.42. The van der Waals surface area contributed by atoms with E-state index in [1.54, 1.807) is 36.4 Å². The molecule has 2 rings (SSSR count). The van der Waals surface area contributed by atoms with Gasteiger partial charge in [0.1, 0.15) is 6.04 Å². The van der Waals surface area contributed by atoms with Crippen LogP contribution >= 0.6 is 0 Å². The van der Waals surface area contributed by atoms with Crippen LogP contribution in [0, 0.1) is 5.92 Å². The molecule has 0 aliphatic heterocycles.